The first kappa shape index (κ1) is 19.5. The van der Waals surface area contributed by atoms with E-state index in [1.165, 1.54) is 0 Å². The lowest BCUT2D eigenvalue weighted by Gasteiger charge is -2.13. The first-order valence-corrected chi connectivity index (χ1v) is 9.22. The molecule has 6 heteroatoms. The average molecular weight is 379 g/mol. The Morgan fingerprint density at radius 2 is 1.71 bits per heavy atom. The highest BCUT2D eigenvalue weighted by Crippen LogP contribution is 2.23. The van der Waals surface area contributed by atoms with Gasteiger partial charge in [0.05, 0.1) is 24.9 Å². The number of hydrogen-bond donors (Lipinski definition) is 1. The van der Waals surface area contributed by atoms with Gasteiger partial charge in [-0.05, 0) is 35.7 Å². The summed E-state index contributed by atoms with van der Waals surface area (Å²) in [5.74, 6) is 0.578. The zero-order valence-corrected chi connectivity index (χ0v) is 16.6. The van der Waals surface area contributed by atoms with Gasteiger partial charge in [-0.3, -0.25) is 14.3 Å². The van der Waals surface area contributed by atoms with Crippen molar-refractivity contribution in [2.24, 2.45) is 7.05 Å². The summed E-state index contributed by atoms with van der Waals surface area (Å²) in [6.07, 6.45) is 0.182. The van der Waals surface area contributed by atoms with Gasteiger partial charge in [0.15, 0.2) is 0 Å². The smallest absolute Gasteiger partial charge is 0.295 e. The Labute approximate surface area is 164 Å². The van der Waals surface area contributed by atoms with Crippen LogP contribution in [-0.2, 0) is 18.3 Å². The number of para-hydroxylation sites is 1. The highest BCUT2D eigenvalue weighted by atomic mass is 16.5. The van der Waals surface area contributed by atoms with E-state index in [-0.39, 0.29) is 23.8 Å². The number of rotatable bonds is 6. The SMILES string of the molecule is COc1ccc(CC(=O)Nc2c(C(C)C)n(C)n(-c3ccccc3)c2=O)cc1. The first-order chi connectivity index (χ1) is 13.4. The Kier molecular flexibility index (Phi) is 5.68. The Morgan fingerprint density at radius 3 is 2.29 bits per heavy atom. The second-order valence-electron chi connectivity index (χ2n) is 6.96. The summed E-state index contributed by atoms with van der Waals surface area (Å²) in [6.45, 7) is 4.01. The number of amides is 1. The van der Waals surface area contributed by atoms with E-state index >= 15 is 0 Å². The molecule has 0 fully saturated rings. The van der Waals surface area contributed by atoms with Crippen LogP contribution in [0.2, 0.25) is 0 Å². The summed E-state index contributed by atoms with van der Waals surface area (Å²) in [5.41, 5.74) is 2.49. The van der Waals surface area contributed by atoms with E-state index in [0.717, 1.165) is 22.7 Å². The number of methoxy groups -OCH3 is 1. The largest absolute Gasteiger partial charge is 0.497 e. The lowest BCUT2D eigenvalue weighted by molar-refractivity contribution is -0.115. The average Bonchev–Trinajstić information content (AvgIpc) is 2.93. The highest BCUT2D eigenvalue weighted by molar-refractivity contribution is 5.92. The second-order valence-corrected chi connectivity index (χ2v) is 6.96. The maximum Gasteiger partial charge on any atom is 0.295 e. The molecule has 0 atom stereocenters. The Balaban J connectivity index is 1.92. The normalized spacial score (nSPS) is 10.9. The Morgan fingerprint density at radius 1 is 1.07 bits per heavy atom. The van der Waals surface area contributed by atoms with E-state index in [1.54, 1.807) is 11.8 Å². The molecule has 28 heavy (non-hydrogen) atoms. The third-order valence-corrected chi connectivity index (χ3v) is 4.65. The molecule has 1 heterocycles. The Hall–Kier alpha value is -3.28. The number of carbonyl (C=O) groups excluding carboxylic acids is 1. The lowest BCUT2D eigenvalue weighted by atomic mass is 10.1. The molecule has 0 saturated carbocycles. The third kappa shape index (κ3) is 3.86. The number of carbonyl (C=O) groups is 1. The maximum atomic E-state index is 13.1. The second kappa shape index (κ2) is 8.17. The molecule has 0 aliphatic heterocycles. The fourth-order valence-corrected chi connectivity index (χ4v) is 3.37. The van der Waals surface area contributed by atoms with Crippen LogP contribution in [-0.4, -0.2) is 22.4 Å². The molecule has 0 spiro atoms. The zero-order valence-electron chi connectivity index (χ0n) is 16.6. The molecule has 6 nitrogen and oxygen atoms in total. The number of nitrogens with zero attached hydrogens (tertiary/aromatic N) is 2. The molecule has 0 saturated heterocycles. The van der Waals surface area contributed by atoms with Crippen LogP contribution in [0.25, 0.3) is 5.69 Å². The third-order valence-electron chi connectivity index (χ3n) is 4.65. The minimum atomic E-state index is -0.236. The molecular formula is C22H25N3O3. The molecule has 0 unspecified atom stereocenters. The van der Waals surface area contributed by atoms with E-state index in [4.69, 9.17) is 4.74 Å². The number of anilines is 1. The van der Waals surface area contributed by atoms with Gasteiger partial charge in [-0.25, -0.2) is 4.68 Å². The van der Waals surface area contributed by atoms with Gasteiger partial charge < -0.3 is 10.1 Å². The summed E-state index contributed by atoms with van der Waals surface area (Å²) in [4.78, 5) is 25.7. The van der Waals surface area contributed by atoms with Crippen molar-refractivity contribution >= 4 is 11.6 Å². The van der Waals surface area contributed by atoms with Crippen molar-refractivity contribution in [2.45, 2.75) is 26.2 Å². The van der Waals surface area contributed by atoms with Crippen LogP contribution >= 0.6 is 0 Å². The van der Waals surface area contributed by atoms with Crippen molar-refractivity contribution in [3.05, 3.63) is 76.2 Å². The molecule has 1 amide bonds. The van der Waals surface area contributed by atoms with Gasteiger partial charge in [0, 0.05) is 7.05 Å². The molecule has 0 bridgehead atoms. The van der Waals surface area contributed by atoms with Crippen LogP contribution in [0.3, 0.4) is 0 Å². The standard InChI is InChI=1S/C22H25N3O3/c1-15(2)21-20(22(27)25(24(21)3)17-8-6-5-7-9-17)23-19(26)14-16-10-12-18(28-4)13-11-16/h5-13,15H,14H2,1-4H3,(H,23,26). The predicted molar refractivity (Wildman–Crippen MR) is 110 cm³/mol. The van der Waals surface area contributed by atoms with E-state index in [1.807, 2.05) is 80.2 Å². The molecule has 1 aromatic heterocycles. The Bertz CT molecular complexity index is 1020. The van der Waals surface area contributed by atoms with Gasteiger partial charge in [0.25, 0.3) is 5.56 Å². The van der Waals surface area contributed by atoms with Crippen LogP contribution in [0.15, 0.2) is 59.4 Å². The number of hydrogen-bond acceptors (Lipinski definition) is 3. The molecule has 2 aromatic carbocycles. The van der Waals surface area contributed by atoms with Gasteiger partial charge in [-0.15, -0.1) is 0 Å². The van der Waals surface area contributed by atoms with Crippen molar-refractivity contribution in [3.8, 4) is 11.4 Å². The minimum absolute atomic E-state index is 0.0685. The van der Waals surface area contributed by atoms with Crippen molar-refractivity contribution in [3.63, 3.8) is 0 Å². The van der Waals surface area contributed by atoms with E-state index in [9.17, 15) is 9.59 Å². The molecular weight excluding hydrogens is 354 g/mol. The van der Waals surface area contributed by atoms with Crippen molar-refractivity contribution < 1.29 is 9.53 Å². The summed E-state index contributed by atoms with van der Waals surface area (Å²) >= 11 is 0. The first-order valence-electron chi connectivity index (χ1n) is 9.22. The lowest BCUT2D eigenvalue weighted by Crippen LogP contribution is -2.23. The molecule has 3 aromatic rings. The predicted octanol–water partition coefficient (Wildman–Crippen LogP) is 3.49. The van der Waals surface area contributed by atoms with Gasteiger partial charge in [0.2, 0.25) is 5.91 Å². The number of nitrogens with one attached hydrogen (secondary N) is 1. The topological polar surface area (TPSA) is 65.3 Å². The van der Waals surface area contributed by atoms with Gasteiger partial charge in [0.1, 0.15) is 11.4 Å². The maximum absolute atomic E-state index is 13.1. The van der Waals surface area contributed by atoms with Crippen molar-refractivity contribution in [2.75, 3.05) is 12.4 Å². The van der Waals surface area contributed by atoms with Gasteiger partial charge in [-0.2, -0.15) is 0 Å². The monoisotopic (exact) mass is 379 g/mol. The molecule has 146 valence electrons. The minimum Gasteiger partial charge on any atom is -0.497 e. The number of ether oxygens (including phenoxy) is 1. The van der Waals surface area contributed by atoms with Crippen molar-refractivity contribution in [1.82, 2.24) is 9.36 Å². The zero-order chi connectivity index (χ0) is 20.3. The number of aromatic nitrogens is 2. The van der Waals surface area contributed by atoms with Crippen LogP contribution in [0.1, 0.15) is 31.0 Å². The van der Waals surface area contributed by atoms with Gasteiger partial charge >= 0.3 is 0 Å². The molecule has 1 N–H and O–H groups in total. The van der Waals surface area contributed by atoms with E-state index in [2.05, 4.69) is 5.32 Å². The van der Waals surface area contributed by atoms with Crippen LogP contribution in [0.4, 0.5) is 5.69 Å². The fraction of sp³-hybridized carbons (Fsp3) is 0.273. The summed E-state index contributed by atoms with van der Waals surface area (Å²) < 4.78 is 8.53. The fourth-order valence-electron chi connectivity index (χ4n) is 3.37. The molecule has 3 rings (SSSR count). The summed E-state index contributed by atoms with van der Waals surface area (Å²) in [7, 11) is 3.44. The van der Waals surface area contributed by atoms with E-state index in [0.29, 0.717) is 5.69 Å². The van der Waals surface area contributed by atoms with Gasteiger partial charge in [-0.1, -0.05) is 44.2 Å². The highest BCUT2D eigenvalue weighted by Gasteiger charge is 2.22. The quantitative estimate of drug-likeness (QED) is 0.713. The summed E-state index contributed by atoms with van der Waals surface area (Å²) in [5, 5.41) is 2.84. The van der Waals surface area contributed by atoms with E-state index < -0.39 is 0 Å². The van der Waals surface area contributed by atoms with Crippen LogP contribution in [0.5, 0.6) is 5.75 Å². The van der Waals surface area contributed by atoms with Crippen LogP contribution < -0.4 is 15.6 Å². The van der Waals surface area contributed by atoms with Crippen molar-refractivity contribution in [1.29, 1.82) is 0 Å². The van der Waals surface area contributed by atoms with Crippen LogP contribution in [0, 0.1) is 0 Å². The molecule has 0 radical (unpaired) electrons. The number of benzene rings is 2. The molecule has 0 aliphatic carbocycles. The molecule has 0 aliphatic rings. The summed E-state index contributed by atoms with van der Waals surface area (Å²) in [6, 6.07) is 16.7.